The van der Waals surface area contributed by atoms with Crippen LogP contribution in [-0.4, -0.2) is 18.1 Å². The van der Waals surface area contributed by atoms with Gasteiger partial charge in [-0.25, -0.2) is 0 Å². The summed E-state index contributed by atoms with van der Waals surface area (Å²) in [6.07, 6.45) is 1.90. The molecule has 0 aliphatic rings. The zero-order chi connectivity index (χ0) is 15.6. The third kappa shape index (κ3) is 3.66. The Bertz CT molecular complexity index is 607. The lowest BCUT2D eigenvalue weighted by atomic mass is 10.0. The molecule has 0 saturated heterocycles. The summed E-state index contributed by atoms with van der Waals surface area (Å²) in [4.78, 5) is 6.87. The Balaban J connectivity index is 2.56. The van der Waals surface area contributed by atoms with Crippen LogP contribution in [0.5, 0.6) is 0 Å². The topological polar surface area (TPSA) is 42.1 Å². The van der Waals surface area contributed by atoms with E-state index in [9.17, 15) is 0 Å². The molecule has 0 aliphatic carbocycles. The summed E-state index contributed by atoms with van der Waals surface area (Å²) in [6.45, 7) is 13.2. The standard InChI is InChI=1S/C18H27N3/c1-12(2)10-21(11-13(3)4)18-7-6-17(19)16-9-20-14(5)8-15(16)18/h6-9,12-13H,10-11,19H2,1-5H3. The molecule has 0 spiro atoms. The summed E-state index contributed by atoms with van der Waals surface area (Å²) >= 11 is 0. The monoisotopic (exact) mass is 285 g/mol. The molecule has 0 radical (unpaired) electrons. The van der Waals surface area contributed by atoms with Gasteiger partial charge in [0.2, 0.25) is 0 Å². The largest absolute Gasteiger partial charge is 0.398 e. The number of hydrogen-bond donors (Lipinski definition) is 1. The second-order valence-corrected chi connectivity index (χ2v) is 6.74. The number of aromatic nitrogens is 1. The predicted octanol–water partition coefficient (Wildman–Crippen LogP) is 4.24. The molecule has 1 heterocycles. The lowest BCUT2D eigenvalue weighted by Gasteiger charge is -2.30. The molecular weight excluding hydrogens is 258 g/mol. The first kappa shape index (κ1) is 15.6. The van der Waals surface area contributed by atoms with Crippen molar-refractivity contribution < 1.29 is 0 Å². The molecule has 3 heteroatoms. The smallest absolute Gasteiger partial charge is 0.0448 e. The van der Waals surface area contributed by atoms with Crippen LogP contribution in [0.2, 0.25) is 0 Å². The maximum Gasteiger partial charge on any atom is 0.0448 e. The van der Waals surface area contributed by atoms with Crippen LogP contribution >= 0.6 is 0 Å². The second-order valence-electron chi connectivity index (χ2n) is 6.74. The third-order valence-corrected chi connectivity index (χ3v) is 3.56. The zero-order valence-corrected chi connectivity index (χ0v) is 13.9. The molecule has 0 bridgehead atoms. The first-order chi connectivity index (χ1) is 9.88. The maximum absolute atomic E-state index is 6.12. The van der Waals surface area contributed by atoms with Gasteiger partial charge in [-0.3, -0.25) is 4.98 Å². The number of pyridine rings is 1. The van der Waals surface area contributed by atoms with E-state index in [4.69, 9.17) is 5.73 Å². The van der Waals surface area contributed by atoms with Gasteiger partial charge < -0.3 is 10.6 Å². The van der Waals surface area contributed by atoms with Gasteiger partial charge in [0.1, 0.15) is 0 Å². The van der Waals surface area contributed by atoms with E-state index in [1.165, 1.54) is 11.1 Å². The van der Waals surface area contributed by atoms with E-state index in [0.29, 0.717) is 11.8 Å². The molecule has 21 heavy (non-hydrogen) atoms. The number of hydrogen-bond acceptors (Lipinski definition) is 3. The minimum absolute atomic E-state index is 0.624. The minimum atomic E-state index is 0.624. The lowest BCUT2D eigenvalue weighted by Crippen LogP contribution is -2.31. The van der Waals surface area contributed by atoms with E-state index in [-0.39, 0.29) is 0 Å². The van der Waals surface area contributed by atoms with Crippen LogP contribution in [0.15, 0.2) is 24.4 Å². The van der Waals surface area contributed by atoms with Gasteiger partial charge in [-0.15, -0.1) is 0 Å². The Hall–Kier alpha value is -1.77. The zero-order valence-electron chi connectivity index (χ0n) is 13.9. The van der Waals surface area contributed by atoms with Gasteiger partial charge in [0.05, 0.1) is 0 Å². The van der Waals surface area contributed by atoms with E-state index in [1.54, 1.807) is 0 Å². The maximum atomic E-state index is 6.12. The van der Waals surface area contributed by atoms with Gasteiger partial charge in [-0.2, -0.15) is 0 Å². The molecule has 0 atom stereocenters. The number of benzene rings is 1. The number of nitrogens with zero attached hydrogens (tertiary/aromatic N) is 2. The normalized spacial score (nSPS) is 11.6. The molecule has 0 amide bonds. The number of nitrogens with two attached hydrogens (primary N) is 1. The number of fused-ring (bicyclic) bond motifs is 1. The Kier molecular flexibility index (Phi) is 4.71. The summed E-state index contributed by atoms with van der Waals surface area (Å²) in [5.74, 6) is 1.25. The first-order valence-electron chi connectivity index (χ1n) is 7.78. The third-order valence-electron chi connectivity index (χ3n) is 3.56. The van der Waals surface area contributed by atoms with Gasteiger partial charge in [-0.05, 0) is 37.0 Å². The van der Waals surface area contributed by atoms with Crippen LogP contribution < -0.4 is 10.6 Å². The van der Waals surface area contributed by atoms with Crippen LogP contribution in [0.1, 0.15) is 33.4 Å². The summed E-state index contributed by atoms with van der Waals surface area (Å²) in [7, 11) is 0. The van der Waals surface area contributed by atoms with Gasteiger partial charge in [0.25, 0.3) is 0 Å². The van der Waals surface area contributed by atoms with Crippen molar-refractivity contribution in [3.63, 3.8) is 0 Å². The second kappa shape index (κ2) is 6.33. The summed E-state index contributed by atoms with van der Waals surface area (Å²) in [5.41, 5.74) is 9.22. The van der Waals surface area contributed by atoms with Gasteiger partial charge in [-0.1, -0.05) is 27.7 Å². The molecule has 114 valence electrons. The fourth-order valence-corrected chi connectivity index (χ4v) is 2.78. The highest BCUT2D eigenvalue weighted by Gasteiger charge is 2.14. The van der Waals surface area contributed by atoms with Crippen molar-refractivity contribution in [1.29, 1.82) is 0 Å². The molecule has 0 saturated carbocycles. The van der Waals surface area contributed by atoms with Crippen LogP contribution in [-0.2, 0) is 0 Å². The highest BCUT2D eigenvalue weighted by atomic mass is 15.1. The number of anilines is 2. The van der Waals surface area contributed by atoms with E-state index in [0.717, 1.165) is 29.9 Å². The Morgan fingerprint density at radius 2 is 1.67 bits per heavy atom. The van der Waals surface area contributed by atoms with Crippen molar-refractivity contribution in [3.8, 4) is 0 Å². The van der Waals surface area contributed by atoms with Crippen LogP contribution in [0.4, 0.5) is 11.4 Å². The molecule has 2 N–H and O–H groups in total. The Labute approximate surface area is 128 Å². The summed E-state index contributed by atoms with van der Waals surface area (Å²) in [5, 5.41) is 2.26. The lowest BCUT2D eigenvalue weighted by molar-refractivity contribution is 0.554. The number of rotatable bonds is 5. The predicted molar refractivity (Wildman–Crippen MR) is 92.8 cm³/mol. The fourth-order valence-electron chi connectivity index (χ4n) is 2.78. The van der Waals surface area contributed by atoms with Crippen LogP contribution in [0.3, 0.4) is 0 Å². The van der Waals surface area contributed by atoms with Crippen LogP contribution in [0.25, 0.3) is 10.8 Å². The SMILES string of the molecule is Cc1cc2c(N(CC(C)C)CC(C)C)ccc(N)c2cn1. The van der Waals surface area contributed by atoms with Crippen molar-refractivity contribution in [2.45, 2.75) is 34.6 Å². The minimum Gasteiger partial charge on any atom is -0.398 e. The molecule has 0 aliphatic heterocycles. The van der Waals surface area contributed by atoms with Crippen molar-refractivity contribution >= 4 is 22.1 Å². The van der Waals surface area contributed by atoms with E-state index >= 15 is 0 Å². The van der Waals surface area contributed by atoms with E-state index in [1.807, 2.05) is 19.2 Å². The number of aryl methyl sites for hydroxylation is 1. The van der Waals surface area contributed by atoms with Crippen molar-refractivity contribution in [2.75, 3.05) is 23.7 Å². The van der Waals surface area contributed by atoms with E-state index in [2.05, 4.69) is 49.7 Å². The Morgan fingerprint density at radius 1 is 1.05 bits per heavy atom. The number of nitrogen functional groups attached to an aromatic ring is 1. The van der Waals surface area contributed by atoms with Crippen LogP contribution in [0, 0.1) is 18.8 Å². The molecular formula is C18H27N3. The summed E-state index contributed by atoms with van der Waals surface area (Å²) < 4.78 is 0. The Morgan fingerprint density at radius 3 is 2.24 bits per heavy atom. The molecule has 0 unspecified atom stereocenters. The molecule has 1 aromatic carbocycles. The van der Waals surface area contributed by atoms with Gasteiger partial charge in [0, 0.05) is 47.1 Å². The quantitative estimate of drug-likeness (QED) is 0.835. The molecule has 2 rings (SSSR count). The van der Waals surface area contributed by atoms with Gasteiger partial charge >= 0.3 is 0 Å². The average Bonchev–Trinajstić information content (AvgIpc) is 2.37. The summed E-state index contributed by atoms with van der Waals surface area (Å²) in [6, 6.07) is 6.30. The molecule has 3 nitrogen and oxygen atoms in total. The van der Waals surface area contributed by atoms with Gasteiger partial charge in [0.15, 0.2) is 0 Å². The highest BCUT2D eigenvalue weighted by Crippen LogP contribution is 2.32. The van der Waals surface area contributed by atoms with Crippen molar-refractivity contribution in [2.24, 2.45) is 11.8 Å². The molecule has 1 aromatic heterocycles. The fraction of sp³-hybridized carbons (Fsp3) is 0.500. The van der Waals surface area contributed by atoms with E-state index < -0.39 is 0 Å². The molecule has 0 fully saturated rings. The van der Waals surface area contributed by atoms with Crippen molar-refractivity contribution in [1.82, 2.24) is 4.98 Å². The highest BCUT2D eigenvalue weighted by molar-refractivity contribution is 6.01. The molecule has 2 aromatic rings. The van der Waals surface area contributed by atoms with Crippen molar-refractivity contribution in [3.05, 3.63) is 30.1 Å². The first-order valence-corrected chi connectivity index (χ1v) is 7.78. The average molecular weight is 285 g/mol.